The lowest BCUT2D eigenvalue weighted by atomic mass is 10.1. The highest BCUT2D eigenvalue weighted by atomic mass is 16.5. The third kappa shape index (κ3) is 3.11. The van der Waals surface area contributed by atoms with Crippen LogP contribution in [0, 0.1) is 6.92 Å². The van der Waals surface area contributed by atoms with E-state index in [2.05, 4.69) is 15.1 Å². The van der Waals surface area contributed by atoms with Crippen LogP contribution in [-0.4, -0.2) is 45.0 Å². The number of hydrogen-bond acceptors (Lipinski definition) is 6. The number of ether oxygens (including phenoxy) is 2. The maximum Gasteiger partial charge on any atom is 0.262 e. The van der Waals surface area contributed by atoms with Crippen molar-refractivity contribution >= 4 is 16.7 Å². The molecule has 0 amide bonds. The van der Waals surface area contributed by atoms with Crippen molar-refractivity contribution < 1.29 is 9.47 Å². The number of nitrogens with zero attached hydrogens (tertiary/aromatic N) is 5. The first-order chi connectivity index (χ1) is 13.6. The largest absolute Gasteiger partial charge is 0.497 e. The van der Waals surface area contributed by atoms with Crippen LogP contribution in [0.4, 0.5) is 0 Å². The van der Waals surface area contributed by atoms with Gasteiger partial charge in [-0.1, -0.05) is 12.1 Å². The van der Waals surface area contributed by atoms with Gasteiger partial charge in [0.2, 0.25) is 0 Å². The van der Waals surface area contributed by atoms with E-state index in [1.807, 2.05) is 30.3 Å². The van der Waals surface area contributed by atoms with E-state index in [9.17, 15) is 4.79 Å². The van der Waals surface area contributed by atoms with Gasteiger partial charge in [0, 0.05) is 32.0 Å². The highest BCUT2D eigenvalue weighted by Gasteiger charge is 2.18. The Labute approximate surface area is 161 Å². The molecule has 0 radical (unpaired) electrons. The lowest BCUT2D eigenvalue weighted by Gasteiger charge is -2.12. The number of aryl methyl sites for hydroxylation is 2. The van der Waals surface area contributed by atoms with E-state index >= 15 is 0 Å². The average Bonchev–Trinajstić information content (AvgIpc) is 3.08. The maximum atomic E-state index is 13.3. The van der Waals surface area contributed by atoms with Gasteiger partial charge in [0.05, 0.1) is 23.7 Å². The Hall–Kier alpha value is -3.26. The molecule has 4 aromatic rings. The summed E-state index contributed by atoms with van der Waals surface area (Å²) < 4.78 is 13.8. The van der Waals surface area contributed by atoms with Crippen molar-refractivity contribution in [3.05, 3.63) is 52.7 Å². The molecule has 0 aliphatic carbocycles. The molecule has 1 aromatic carbocycles. The standard InChI is InChI=1S/C20H21N5O3/c1-13-21-20-22-16-8-10-24(9-5-11-27-2)19(26)17(16)18(25(20)23-13)14-6-4-7-15(12-14)28-3/h4,6-8,10,12H,5,9,11H2,1-3H3. The number of aromatic nitrogens is 5. The summed E-state index contributed by atoms with van der Waals surface area (Å²) in [5, 5.41) is 4.98. The van der Waals surface area contributed by atoms with Gasteiger partial charge in [0.25, 0.3) is 11.3 Å². The predicted molar refractivity (Wildman–Crippen MR) is 106 cm³/mol. The highest BCUT2D eigenvalue weighted by molar-refractivity contribution is 5.93. The summed E-state index contributed by atoms with van der Waals surface area (Å²) in [5.41, 5.74) is 1.94. The Bertz CT molecular complexity index is 1210. The number of rotatable bonds is 6. The molecule has 0 N–H and O–H groups in total. The molecule has 4 rings (SSSR count). The molecule has 0 unspecified atom stereocenters. The molecule has 0 bridgehead atoms. The van der Waals surface area contributed by atoms with Gasteiger partial charge < -0.3 is 14.0 Å². The van der Waals surface area contributed by atoms with Crippen molar-refractivity contribution in [2.45, 2.75) is 19.9 Å². The molecule has 0 fully saturated rings. The van der Waals surface area contributed by atoms with Crippen LogP contribution in [0.1, 0.15) is 12.2 Å². The van der Waals surface area contributed by atoms with Gasteiger partial charge in [0.1, 0.15) is 11.6 Å². The molecular weight excluding hydrogens is 358 g/mol. The first-order valence-corrected chi connectivity index (χ1v) is 9.02. The molecular formula is C20H21N5O3. The molecule has 0 saturated heterocycles. The fourth-order valence-electron chi connectivity index (χ4n) is 3.31. The monoisotopic (exact) mass is 379 g/mol. The lowest BCUT2D eigenvalue weighted by Crippen LogP contribution is -2.22. The van der Waals surface area contributed by atoms with Crippen molar-refractivity contribution in [1.82, 2.24) is 24.1 Å². The van der Waals surface area contributed by atoms with Gasteiger partial charge in [-0.2, -0.15) is 9.50 Å². The molecule has 28 heavy (non-hydrogen) atoms. The molecule has 0 aliphatic rings. The van der Waals surface area contributed by atoms with Gasteiger partial charge in [-0.3, -0.25) is 4.79 Å². The second-order valence-corrected chi connectivity index (χ2v) is 6.48. The summed E-state index contributed by atoms with van der Waals surface area (Å²) in [6.45, 7) is 2.96. The van der Waals surface area contributed by atoms with E-state index in [-0.39, 0.29) is 5.56 Å². The Kier molecular flexibility index (Phi) is 4.79. The smallest absolute Gasteiger partial charge is 0.262 e. The summed E-state index contributed by atoms with van der Waals surface area (Å²) in [5.74, 6) is 1.75. The number of hydrogen-bond donors (Lipinski definition) is 0. The maximum absolute atomic E-state index is 13.3. The van der Waals surface area contributed by atoms with Crippen LogP contribution in [-0.2, 0) is 11.3 Å². The van der Waals surface area contributed by atoms with Crippen molar-refractivity contribution in [1.29, 1.82) is 0 Å². The summed E-state index contributed by atoms with van der Waals surface area (Å²) in [4.78, 5) is 22.2. The molecule has 3 aromatic heterocycles. The van der Waals surface area contributed by atoms with E-state index in [1.165, 1.54) is 0 Å². The van der Waals surface area contributed by atoms with E-state index in [1.54, 1.807) is 36.4 Å². The second kappa shape index (κ2) is 7.40. The zero-order chi connectivity index (χ0) is 19.7. The van der Waals surface area contributed by atoms with E-state index in [0.29, 0.717) is 47.1 Å². The molecule has 0 aliphatic heterocycles. The first-order valence-electron chi connectivity index (χ1n) is 9.02. The molecule has 0 spiro atoms. The van der Waals surface area contributed by atoms with Crippen molar-refractivity contribution in [2.24, 2.45) is 0 Å². The highest BCUT2D eigenvalue weighted by Crippen LogP contribution is 2.28. The van der Waals surface area contributed by atoms with E-state index < -0.39 is 0 Å². The quantitative estimate of drug-likeness (QED) is 0.479. The molecule has 8 heteroatoms. The third-order valence-corrected chi connectivity index (χ3v) is 4.60. The normalized spacial score (nSPS) is 11.4. The molecule has 0 atom stereocenters. The Morgan fingerprint density at radius 2 is 2.00 bits per heavy atom. The number of methoxy groups -OCH3 is 2. The summed E-state index contributed by atoms with van der Waals surface area (Å²) >= 11 is 0. The Balaban J connectivity index is 2.04. The fraction of sp³-hybridized carbons (Fsp3) is 0.300. The minimum absolute atomic E-state index is 0.117. The predicted octanol–water partition coefficient (Wildman–Crippen LogP) is 2.46. The van der Waals surface area contributed by atoms with Gasteiger partial charge in [-0.15, -0.1) is 5.10 Å². The van der Waals surface area contributed by atoms with Crippen LogP contribution in [0.15, 0.2) is 41.3 Å². The minimum Gasteiger partial charge on any atom is -0.497 e. The van der Waals surface area contributed by atoms with Crippen LogP contribution < -0.4 is 10.3 Å². The summed E-state index contributed by atoms with van der Waals surface area (Å²) in [6, 6.07) is 9.40. The number of benzene rings is 1. The Morgan fingerprint density at radius 3 is 2.79 bits per heavy atom. The van der Waals surface area contributed by atoms with Gasteiger partial charge in [0.15, 0.2) is 0 Å². The fourth-order valence-corrected chi connectivity index (χ4v) is 3.31. The summed E-state index contributed by atoms with van der Waals surface area (Å²) in [7, 11) is 3.26. The topological polar surface area (TPSA) is 83.5 Å². The van der Waals surface area contributed by atoms with Crippen LogP contribution >= 0.6 is 0 Å². The first kappa shape index (κ1) is 18.1. The van der Waals surface area contributed by atoms with E-state index in [4.69, 9.17) is 9.47 Å². The third-order valence-electron chi connectivity index (χ3n) is 4.60. The van der Waals surface area contributed by atoms with Gasteiger partial charge in [-0.25, -0.2) is 4.98 Å². The Morgan fingerprint density at radius 1 is 1.14 bits per heavy atom. The van der Waals surface area contributed by atoms with Crippen LogP contribution in [0.3, 0.4) is 0 Å². The molecule has 0 saturated carbocycles. The number of fused-ring (bicyclic) bond motifs is 2. The van der Waals surface area contributed by atoms with Crippen molar-refractivity contribution in [2.75, 3.05) is 20.8 Å². The van der Waals surface area contributed by atoms with Crippen LogP contribution in [0.5, 0.6) is 5.75 Å². The molecule has 3 heterocycles. The lowest BCUT2D eigenvalue weighted by molar-refractivity contribution is 0.190. The van der Waals surface area contributed by atoms with Gasteiger partial charge in [-0.05, 0) is 31.5 Å². The van der Waals surface area contributed by atoms with Gasteiger partial charge >= 0.3 is 0 Å². The SMILES string of the molecule is COCCCn1ccc2nc3nc(C)nn3c(-c3cccc(OC)c3)c2c1=O. The number of pyridine rings is 1. The second-order valence-electron chi connectivity index (χ2n) is 6.48. The minimum atomic E-state index is -0.117. The molecule has 8 nitrogen and oxygen atoms in total. The average molecular weight is 379 g/mol. The zero-order valence-corrected chi connectivity index (χ0v) is 16.0. The van der Waals surface area contributed by atoms with Crippen molar-refractivity contribution in [3.63, 3.8) is 0 Å². The summed E-state index contributed by atoms with van der Waals surface area (Å²) in [6.07, 6.45) is 2.51. The van der Waals surface area contributed by atoms with Crippen LogP contribution in [0.25, 0.3) is 27.9 Å². The molecule has 144 valence electrons. The van der Waals surface area contributed by atoms with Crippen LogP contribution in [0.2, 0.25) is 0 Å². The zero-order valence-electron chi connectivity index (χ0n) is 16.0. The van der Waals surface area contributed by atoms with Crippen molar-refractivity contribution in [3.8, 4) is 17.0 Å². The van der Waals surface area contributed by atoms with E-state index in [0.717, 1.165) is 12.0 Å².